The quantitative estimate of drug-likeness (QED) is 0.616. The Balaban J connectivity index is 1.78. The highest BCUT2D eigenvalue weighted by molar-refractivity contribution is 6.36. The second-order valence-electron chi connectivity index (χ2n) is 7.46. The standard InChI is InChI=1S/C25H23N3O3/c1-16-7-10-18(11-8-16)22-23(27-20-14-17(2)9-12-21(20)31-3)25(30)28(24(22)29)15-19-6-4-5-13-26-19/h4-14,27H,15H2,1-3H3. The van der Waals surface area contributed by atoms with Gasteiger partial charge in [-0.1, -0.05) is 42.0 Å². The minimum absolute atomic E-state index is 0.101. The number of amides is 2. The lowest BCUT2D eigenvalue weighted by Gasteiger charge is -2.15. The Morgan fingerprint density at radius 3 is 2.35 bits per heavy atom. The lowest BCUT2D eigenvalue weighted by molar-refractivity contribution is -0.137. The average molecular weight is 413 g/mol. The summed E-state index contributed by atoms with van der Waals surface area (Å²) in [5, 5.41) is 3.18. The molecule has 0 aliphatic carbocycles. The van der Waals surface area contributed by atoms with Gasteiger partial charge in [0.05, 0.1) is 30.6 Å². The van der Waals surface area contributed by atoms with Crippen molar-refractivity contribution in [3.05, 3.63) is 94.9 Å². The van der Waals surface area contributed by atoms with Gasteiger partial charge in [-0.25, -0.2) is 0 Å². The molecule has 0 radical (unpaired) electrons. The molecule has 4 rings (SSSR count). The van der Waals surface area contributed by atoms with Crippen molar-refractivity contribution >= 4 is 23.1 Å². The molecule has 0 bridgehead atoms. The Kier molecular flexibility index (Phi) is 5.54. The minimum Gasteiger partial charge on any atom is -0.495 e. The molecule has 0 fully saturated rings. The molecule has 2 heterocycles. The number of imide groups is 1. The summed E-state index contributed by atoms with van der Waals surface area (Å²) in [5.74, 6) is -0.159. The molecule has 1 aliphatic heterocycles. The highest BCUT2D eigenvalue weighted by Gasteiger charge is 2.39. The van der Waals surface area contributed by atoms with E-state index in [9.17, 15) is 9.59 Å². The number of nitrogens with zero attached hydrogens (tertiary/aromatic N) is 2. The van der Waals surface area contributed by atoms with Crippen LogP contribution >= 0.6 is 0 Å². The molecule has 6 heteroatoms. The Labute approximate surface area is 181 Å². The Morgan fingerprint density at radius 2 is 1.68 bits per heavy atom. The lowest BCUT2D eigenvalue weighted by atomic mass is 10.0. The summed E-state index contributed by atoms with van der Waals surface area (Å²) < 4.78 is 5.45. The molecule has 2 aromatic carbocycles. The van der Waals surface area contributed by atoms with Gasteiger partial charge in [-0.3, -0.25) is 19.5 Å². The van der Waals surface area contributed by atoms with Crippen molar-refractivity contribution in [3.63, 3.8) is 0 Å². The normalized spacial score (nSPS) is 13.7. The molecule has 1 aliphatic rings. The second kappa shape index (κ2) is 8.44. The fraction of sp³-hybridized carbons (Fsp3) is 0.160. The summed E-state index contributed by atoms with van der Waals surface area (Å²) in [7, 11) is 1.57. The van der Waals surface area contributed by atoms with Crippen LogP contribution in [0.3, 0.4) is 0 Å². The van der Waals surface area contributed by atoms with Crippen molar-refractivity contribution in [1.82, 2.24) is 9.88 Å². The van der Waals surface area contributed by atoms with Crippen LogP contribution in [0, 0.1) is 13.8 Å². The third-order valence-electron chi connectivity index (χ3n) is 5.17. The smallest absolute Gasteiger partial charge is 0.278 e. The number of carbonyl (C=O) groups is 2. The van der Waals surface area contributed by atoms with E-state index in [0.717, 1.165) is 11.1 Å². The fourth-order valence-electron chi connectivity index (χ4n) is 3.53. The van der Waals surface area contributed by atoms with Crippen LogP contribution in [-0.2, 0) is 16.1 Å². The van der Waals surface area contributed by atoms with Gasteiger partial charge >= 0.3 is 0 Å². The summed E-state index contributed by atoms with van der Waals surface area (Å²) in [5.41, 5.74) is 4.59. The number of aromatic nitrogens is 1. The first kappa shape index (κ1) is 20.3. The topological polar surface area (TPSA) is 71.5 Å². The van der Waals surface area contributed by atoms with E-state index in [0.29, 0.717) is 28.3 Å². The summed E-state index contributed by atoms with van der Waals surface area (Å²) in [4.78, 5) is 32.2. The van der Waals surface area contributed by atoms with E-state index < -0.39 is 5.91 Å². The van der Waals surface area contributed by atoms with E-state index in [1.165, 1.54) is 4.90 Å². The highest BCUT2D eigenvalue weighted by Crippen LogP contribution is 2.34. The molecule has 31 heavy (non-hydrogen) atoms. The predicted octanol–water partition coefficient (Wildman–Crippen LogP) is 4.10. The van der Waals surface area contributed by atoms with E-state index in [2.05, 4.69) is 10.3 Å². The van der Waals surface area contributed by atoms with Crippen molar-refractivity contribution in [1.29, 1.82) is 0 Å². The first-order chi connectivity index (χ1) is 15.0. The van der Waals surface area contributed by atoms with Gasteiger partial charge in [0, 0.05) is 6.20 Å². The third-order valence-corrected chi connectivity index (χ3v) is 5.17. The molecule has 0 spiro atoms. The van der Waals surface area contributed by atoms with Gasteiger partial charge in [-0.15, -0.1) is 0 Å². The van der Waals surface area contributed by atoms with Crippen LogP contribution in [0.15, 0.2) is 72.6 Å². The van der Waals surface area contributed by atoms with Gasteiger partial charge < -0.3 is 10.1 Å². The van der Waals surface area contributed by atoms with Crippen molar-refractivity contribution in [2.75, 3.05) is 12.4 Å². The molecule has 1 aromatic heterocycles. The van der Waals surface area contributed by atoms with E-state index in [4.69, 9.17) is 4.74 Å². The average Bonchev–Trinajstić information content (AvgIpc) is 3.00. The van der Waals surface area contributed by atoms with Crippen LogP contribution in [0.2, 0.25) is 0 Å². The van der Waals surface area contributed by atoms with Crippen LogP contribution in [0.5, 0.6) is 5.75 Å². The van der Waals surface area contributed by atoms with Crippen LogP contribution < -0.4 is 10.1 Å². The number of pyridine rings is 1. The van der Waals surface area contributed by atoms with Gasteiger partial charge in [-0.05, 0) is 49.2 Å². The third kappa shape index (κ3) is 4.05. The van der Waals surface area contributed by atoms with Crippen LogP contribution in [0.1, 0.15) is 22.4 Å². The highest BCUT2D eigenvalue weighted by atomic mass is 16.5. The van der Waals surface area contributed by atoms with Crippen molar-refractivity contribution in [2.45, 2.75) is 20.4 Å². The summed E-state index contributed by atoms with van der Waals surface area (Å²) in [6.07, 6.45) is 1.64. The van der Waals surface area contributed by atoms with E-state index >= 15 is 0 Å². The Morgan fingerprint density at radius 1 is 0.935 bits per heavy atom. The maximum Gasteiger partial charge on any atom is 0.278 e. The molecule has 3 aromatic rings. The summed E-state index contributed by atoms with van der Waals surface area (Å²) in [6.45, 7) is 4.03. The van der Waals surface area contributed by atoms with E-state index in [1.807, 2.05) is 62.4 Å². The number of hydrogen-bond acceptors (Lipinski definition) is 5. The van der Waals surface area contributed by atoms with Crippen LogP contribution in [0.4, 0.5) is 5.69 Å². The molecular formula is C25H23N3O3. The zero-order valence-corrected chi connectivity index (χ0v) is 17.7. The molecule has 0 saturated carbocycles. The van der Waals surface area contributed by atoms with Gasteiger partial charge in [0.15, 0.2) is 0 Å². The minimum atomic E-state index is -0.394. The number of anilines is 1. The zero-order chi connectivity index (χ0) is 22.0. The van der Waals surface area contributed by atoms with Gasteiger partial charge in [-0.2, -0.15) is 0 Å². The Hall–Kier alpha value is -3.93. The number of rotatable bonds is 6. The number of methoxy groups -OCH3 is 1. The van der Waals surface area contributed by atoms with E-state index in [1.54, 1.807) is 25.4 Å². The van der Waals surface area contributed by atoms with Gasteiger partial charge in [0.1, 0.15) is 11.4 Å². The van der Waals surface area contributed by atoms with Gasteiger partial charge in [0.2, 0.25) is 0 Å². The number of aryl methyl sites for hydroxylation is 2. The molecule has 0 unspecified atom stereocenters. The van der Waals surface area contributed by atoms with Gasteiger partial charge in [0.25, 0.3) is 11.8 Å². The number of nitrogens with one attached hydrogen (secondary N) is 1. The fourth-order valence-corrected chi connectivity index (χ4v) is 3.53. The van der Waals surface area contributed by atoms with Crippen LogP contribution in [0.25, 0.3) is 5.57 Å². The number of ether oxygens (including phenoxy) is 1. The first-order valence-electron chi connectivity index (χ1n) is 9.97. The van der Waals surface area contributed by atoms with Crippen molar-refractivity contribution in [2.24, 2.45) is 0 Å². The summed E-state index contributed by atoms with van der Waals surface area (Å²) in [6, 6.07) is 18.6. The van der Waals surface area contributed by atoms with E-state index in [-0.39, 0.29) is 18.1 Å². The zero-order valence-electron chi connectivity index (χ0n) is 17.7. The Bertz CT molecular complexity index is 1170. The maximum atomic E-state index is 13.4. The van der Waals surface area contributed by atoms with Crippen molar-refractivity contribution < 1.29 is 14.3 Å². The number of hydrogen-bond donors (Lipinski definition) is 1. The molecule has 2 amide bonds. The number of carbonyl (C=O) groups excluding carboxylic acids is 2. The number of benzene rings is 2. The molecule has 6 nitrogen and oxygen atoms in total. The van der Waals surface area contributed by atoms with Crippen LogP contribution in [-0.4, -0.2) is 28.8 Å². The molecule has 0 saturated heterocycles. The largest absolute Gasteiger partial charge is 0.495 e. The molecule has 0 atom stereocenters. The monoisotopic (exact) mass is 413 g/mol. The molecular weight excluding hydrogens is 390 g/mol. The lowest BCUT2D eigenvalue weighted by Crippen LogP contribution is -2.32. The SMILES string of the molecule is COc1ccc(C)cc1NC1=C(c2ccc(C)cc2)C(=O)N(Cc2ccccn2)C1=O. The first-order valence-corrected chi connectivity index (χ1v) is 9.97. The van der Waals surface area contributed by atoms with Crippen molar-refractivity contribution in [3.8, 4) is 5.75 Å². The second-order valence-corrected chi connectivity index (χ2v) is 7.46. The molecule has 1 N–H and O–H groups in total. The molecule has 156 valence electrons. The maximum absolute atomic E-state index is 13.4. The summed E-state index contributed by atoms with van der Waals surface area (Å²) >= 11 is 0. The predicted molar refractivity (Wildman–Crippen MR) is 119 cm³/mol.